The van der Waals surface area contributed by atoms with E-state index in [1.165, 1.54) is 11.8 Å². The van der Waals surface area contributed by atoms with Crippen LogP contribution in [0.4, 0.5) is 0 Å². The van der Waals surface area contributed by atoms with Crippen LogP contribution in [0.25, 0.3) is 0 Å². The molecule has 112 valence electrons. The first kappa shape index (κ1) is 15.9. The van der Waals surface area contributed by atoms with Crippen molar-refractivity contribution in [2.45, 2.75) is 24.5 Å². The Morgan fingerprint density at radius 2 is 2.14 bits per heavy atom. The molecule has 1 heterocycles. The SMILES string of the molecule is CCC(NC(=O)CSc1nncn1C)c1ccc(Cl)cc1. The van der Waals surface area contributed by atoms with Crippen LogP contribution < -0.4 is 5.32 Å². The molecular formula is C14H17ClN4OS. The molecule has 0 aliphatic rings. The third kappa shape index (κ3) is 4.47. The summed E-state index contributed by atoms with van der Waals surface area (Å²) in [7, 11) is 1.85. The summed E-state index contributed by atoms with van der Waals surface area (Å²) >= 11 is 7.25. The van der Waals surface area contributed by atoms with Crippen LogP contribution in [0.2, 0.25) is 5.02 Å². The van der Waals surface area contributed by atoms with E-state index >= 15 is 0 Å². The number of halogens is 1. The summed E-state index contributed by atoms with van der Waals surface area (Å²) in [4.78, 5) is 12.0. The zero-order valence-electron chi connectivity index (χ0n) is 11.9. The smallest absolute Gasteiger partial charge is 0.230 e. The number of carbonyl (C=O) groups is 1. The molecule has 0 saturated carbocycles. The van der Waals surface area contributed by atoms with Crippen LogP contribution in [0.1, 0.15) is 24.9 Å². The maximum Gasteiger partial charge on any atom is 0.230 e. The van der Waals surface area contributed by atoms with Crippen LogP contribution in [0.3, 0.4) is 0 Å². The lowest BCUT2D eigenvalue weighted by Crippen LogP contribution is -2.29. The molecule has 21 heavy (non-hydrogen) atoms. The number of thioether (sulfide) groups is 1. The van der Waals surface area contributed by atoms with E-state index in [1.54, 1.807) is 10.9 Å². The fourth-order valence-corrected chi connectivity index (χ4v) is 2.71. The summed E-state index contributed by atoms with van der Waals surface area (Å²) in [6.45, 7) is 2.04. The molecule has 0 bridgehead atoms. The van der Waals surface area contributed by atoms with Crippen molar-refractivity contribution in [1.29, 1.82) is 0 Å². The van der Waals surface area contributed by atoms with Gasteiger partial charge in [-0.15, -0.1) is 10.2 Å². The Bertz CT molecular complexity index is 599. The third-order valence-corrected chi connectivity index (χ3v) is 4.30. The maximum atomic E-state index is 12.0. The van der Waals surface area contributed by atoms with Gasteiger partial charge >= 0.3 is 0 Å². The zero-order chi connectivity index (χ0) is 15.2. The Balaban J connectivity index is 1.90. The molecular weight excluding hydrogens is 308 g/mol. The lowest BCUT2D eigenvalue weighted by molar-refractivity contribution is -0.119. The van der Waals surface area contributed by atoms with Gasteiger partial charge < -0.3 is 9.88 Å². The van der Waals surface area contributed by atoms with Gasteiger partial charge in [0.2, 0.25) is 5.91 Å². The number of aromatic nitrogens is 3. The van der Waals surface area contributed by atoms with Crippen LogP contribution in [-0.2, 0) is 11.8 Å². The van der Waals surface area contributed by atoms with E-state index in [0.717, 1.165) is 17.1 Å². The van der Waals surface area contributed by atoms with Gasteiger partial charge in [-0.25, -0.2) is 0 Å². The van der Waals surface area contributed by atoms with Crippen molar-refractivity contribution < 1.29 is 4.79 Å². The van der Waals surface area contributed by atoms with E-state index in [9.17, 15) is 4.79 Å². The van der Waals surface area contributed by atoms with E-state index in [2.05, 4.69) is 15.5 Å². The second-order valence-electron chi connectivity index (χ2n) is 4.59. The van der Waals surface area contributed by atoms with Gasteiger partial charge in [-0.1, -0.05) is 42.4 Å². The number of carbonyl (C=O) groups excluding carboxylic acids is 1. The largest absolute Gasteiger partial charge is 0.349 e. The number of hydrogen-bond acceptors (Lipinski definition) is 4. The summed E-state index contributed by atoms with van der Waals surface area (Å²) in [6.07, 6.45) is 2.44. The fourth-order valence-electron chi connectivity index (χ4n) is 1.89. The molecule has 1 aromatic heterocycles. The number of hydrogen-bond donors (Lipinski definition) is 1. The quantitative estimate of drug-likeness (QED) is 0.830. The van der Waals surface area contributed by atoms with Crippen molar-refractivity contribution >= 4 is 29.3 Å². The zero-order valence-corrected chi connectivity index (χ0v) is 13.5. The predicted molar refractivity (Wildman–Crippen MR) is 84.4 cm³/mol. The Labute approximate surface area is 133 Å². The highest BCUT2D eigenvalue weighted by Crippen LogP contribution is 2.20. The first-order valence-corrected chi connectivity index (χ1v) is 7.98. The average Bonchev–Trinajstić information content (AvgIpc) is 2.89. The van der Waals surface area contributed by atoms with Crippen LogP contribution in [-0.4, -0.2) is 26.4 Å². The molecule has 7 heteroatoms. The lowest BCUT2D eigenvalue weighted by Gasteiger charge is -2.17. The number of aryl methyl sites for hydroxylation is 1. The average molecular weight is 325 g/mol. The molecule has 5 nitrogen and oxygen atoms in total. The van der Waals surface area contributed by atoms with Crippen molar-refractivity contribution in [2.24, 2.45) is 7.05 Å². The summed E-state index contributed by atoms with van der Waals surface area (Å²) in [5.74, 6) is 0.293. The number of amides is 1. The highest BCUT2D eigenvalue weighted by atomic mass is 35.5. The van der Waals surface area contributed by atoms with E-state index < -0.39 is 0 Å². The summed E-state index contributed by atoms with van der Waals surface area (Å²) in [5, 5.41) is 12.2. The minimum absolute atomic E-state index is 0.00476. The van der Waals surface area contributed by atoms with Crippen LogP contribution >= 0.6 is 23.4 Å². The third-order valence-electron chi connectivity index (χ3n) is 3.02. The lowest BCUT2D eigenvalue weighted by atomic mass is 10.0. The Kier molecular flexibility index (Phi) is 5.64. The molecule has 0 aliphatic heterocycles. The second-order valence-corrected chi connectivity index (χ2v) is 5.97. The van der Waals surface area contributed by atoms with Gasteiger partial charge in [-0.2, -0.15) is 0 Å². The van der Waals surface area contributed by atoms with Crippen LogP contribution in [0, 0.1) is 0 Å². The number of nitrogens with one attached hydrogen (secondary N) is 1. The van der Waals surface area contributed by atoms with Gasteiger partial charge in [-0.3, -0.25) is 4.79 Å². The molecule has 1 aromatic carbocycles. The van der Waals surface area contributed by atoms with Gasteiger partial charge in [0.1, 0.15) is 6.33 Å². The maximum absolute atomic E-state index is 12.0. The van der Waals surface area contributed by atoms with Crippen molar-refractivity contribution in [3.63, 3.8) is 0 Å². The first-order chi connectivity index (χ1) is 10.1. The molecule has 2 aromatic rings. The first-order valence-electron chi connectivity index (χ1n) is 6.61. The van der Waals surface area contributed by atoms with E-state index in [1.807, 2.05) is 38.2 Å². The minimum Gasteiger partial charge on any atom is -0.349 e. The second kappa shape index (κ2) is 7.47. The van der Waals surface area contributed by atoms with Crippen molar-refractivity contribution in [2.75, 3.05) is 5.75 Å². The molecule has 1 atom stereocenters. The fraction of sp³-hybridized carbons (Fsp3) is 0.357. The van der Waals surface area contributed by atoms with Gasteiger partial charge in [0.15, 0.2) is 5.16 Å². The Morgan fingerprint density at radius 1 is 1.43 bits per heavy atom. The molecule has 0 aliphatic carbocycles. The summed E-state index contributed by atoms with van der Waals surface area (Å²) in [6, 6.07) is 7.54. The van der Waals surface area contributed by atoms with Gasteiger partial charge in [0, 0.05) is 12.1 Å². The monoisotopic (exact) mass is 324 g/mol. The molecule has 1 amide bonds. The normalized spacial score (nSPS) is 12.1. The standard InChI is InChI=1S/C14H17ClN4OS/c1-3-12(10-4-6-11(15)7-5-10)17-13(20)8-21-14-18-16-9-19(14)2/h4-7,9,12H,3,8H2,1-2H3,(H,17,20). The molecule has 0 spiro atoms. The summed E-state index contributed by atoms with van der Waals surface area (Å²) in [5.41, 5.74) is 1.05. The predicted octanol–water partition coefficient (Wildman–Crippen LogP) is 2.83. The summed E-state index contributed by atoms with van der Waals surface area (Å²) < 4.78 is 1.79. The highest BCUT2D eigenvalue weighted by molar-refractivity contribution is 7.99. The number of rotatable bonds is 6. The van der Waals surface area contributed by atoms with E-state index in [0.29, 0.717) is 10.8 Å². The van der Waals surface area contributed by atoms with Gasteiger partial charge in [-0.05, 0) is 24.1 Å². The van der Waals surface area contributed by atoms with Crippen molar-refractivity contribution in [3.05, 3.63) is 41.2 Å². The minimum atomic E-state index is -0.0233. The Morgan fingerprint density at radius 3 is 2.71 bits per heavy atom. The van der Waals surface area contributed by atoms with Crippen LogP contribution in [0.15, 0.2) is 35.7 Å². The molecule has 0 fully saturated rings. The molecule has 1 unspecified atom stereocenters. The van der Waals surface area contributed by atoms with Gasteiger partial charge in [0.25, 0.3) is 0 Å². The van der Waals surface area contributed by atoms with E-state index in [-0.39, 0.29) is 11.9 Å². The number of benzene rings is 1. The van der Waals surface area contributed by atoms with Crippen molar-refractivity contribution in [1.82, 2.24) is 20.1 Å². The topological polar surface area (TPSA) is 59.8 Å². The van der Waals surface area contributed by atoms with E-state index in [4.69, 9.17) is 11.6 Å². The molecule has 2 rings (SSSR count). The molecule has 0 saturated heterocycles. The highest BCUT2D eigenvalue weighted by Gasteiger charge is 2.13. The van der Waals surface area contributed by atoms with Crippen LogP contribution in [0.5, 0.6) is 0 Å². The van der Waals surface area contributed by atoms with Crippen molar-refractivity contribution in [3.8, 4) is 0 Å². The molecule has 1 N–H and O–H groups in total. The van der Waals surface area contributed by atoms with Gasteiger partial charge in [0.05, 0.1) is 11.8 Å². The number of nitrogens with zero attached hydrogens (tertiary/aromatic N) is 3. The Hall–Kier alpha value is -1.53. The molecule has 0 radical (unpaired) electrons.